The molecule has 1 heterocycles. The van der Waals surface area contributed by atoms with Gasteiger partial charge in [-0.05, 0) is 25.3 Å². The molecule has 29 heavy (non-hydrogen) atoms. The van der Waals surface area contributed by atoms with Crippen LogP contribution in [-0.2, 0) is 29.6 Å². The van der Waals surface area contributed by atoms with Gasteiger partial charge in [0.05, 0.1) is 17.6 Å². The largest absolute Gasteiger partial charge is 0.378 e. The number of thioether (sulfide) groups is 1. The van der Waals surface area contributed by atoms with E-state index in [1.807, 2.05) is 44.2 Å². The van der Waals surface area contributed by atoms with E-state index in [9.17, 15) is 9.59 Å². The summed E-state index contributed by atoms with van der Waals surface area (Å²) >= 11 is 1.29. The second kappa shape index (κ2) is 10.6. The van der Waals surface area contributed by atoms with Gasteiger partial charge in [-0.2, -0.15) is 0 Å². The molecule has 0 aliphatic heterocycles. The number of hydrogen-bond donors (Lipinski definition) is 1. The third-order valence-corrected chi connectivity index (χ3v) is 6.10. The number of carbonyl (C=O) groups is 1. The lowest BCUT2D eigenvalue weighted by Gasteiger charge is -2.21. The van der Waals surface area contributed by atoms with Gasteiger partial charge in [0, 0.05) is 32.2 Å². The summed E-state index contributed by atoms with van der Waals surface area (Å²) < 4.78 is 6.81. The van der Waals surface area contributed by atoms with Gasteiger partial charge >= 0.3 is 0 Å². The Morgan fingerprint density at radius 3 is 2.45 bits per heavy atom. The maximum atomic E-state index is 13.1. The molecule has 0 spiro atoms. The summed E-state index contributed by atoms with van der Waals surface area (Å²) in [6, 6.07) is 9.90. The summed E-state index contributed by atoms with van der Waals surface area (Å²) in [7, 11) is 3.28. The zero-order valence-corrected chi connectivity index (χ0v) is 18.9. The van der Waals surface area contributed by atoms with E-state index in [0.29, 0.717) is 28.8 Å². The molecule has 158 valence electrons. The first kappa shape index (κ1) is 23.2. The Kier molecular flexibility index (Phi) is 8.46. The van der Waals surface area contributed by atoms with Crippen LogP contribution in [0, 0.1) is 5.92 Å². The molecule has 2 atom stereocenters. The summed E-state index contributed by atoms with van der Waals surface area (Å²) in [6.45, 7) is 8.19. The standard InChI is InChI=1S/C22H31N3O3S/c1-14(2)15(3)23-20(26)16(4)29-22-24-19(13-28-6)18(21(27)25(22)5)12-17-10-8-7-9-11-17/h7-11,14-16H,12-13H2,1-6H3,(H,23,26). The van der Waals surface area contributed by atoms with Gasteiger partial charge in [0.25, 0.3) is 5.56 Å². The fourth-order valence-electron chi connectivity index (χ4n) is 2.73. The fraction of sp³-hybridized carbons (Fsp3) is 0.500. The highest BCUT2D eigenvalue weighted by Crippen LogP contribution is 2.22. The van der Waals surface area contributed by atoms with Gasteiger partial charge in [-0.3, -0.25) is 14.2 Å². The number of carbonyl (C=O) groups excluding carboxylic acids is 1. The van der Waals surface area contributed by atoms with Crippen LogP contribution in [0.15, 0.2) is 40.3 Å². The molecular formula is C22H31N3O3S. The van der Waals surface area contributed by atoms with Crippen molar-refractivity contribution in [2.24, 2.45) is 13.0 Å². The van der Waals surface area contributed by atoms with Crippen molar-refractivity contribution in [3.63, 3.8) is 0 Å². The maximum absolute atomic E-state index is 13.1. The van der Waals surface area contributed by atoms with E-state index < -0.39 is 0 Å². The zero-order chi connectivity index (χ0) is 21.6. The van der Waals surface area contributed by atoms with Gasteiger partial charge in [-0.15, -0.1) is 0 Å². The molecule has 1 amide bonds. The second-order valence-corrected chi connectivity index (χ2v) is 8.89. The molecule has 0 radical (unpaired) electrons. The lowest BCUT2D eigenvalue weighted by Crippen LogP contribution is -2.40. The first-order chi connectivity index (χ1) is 13.7. The smallest absolute Gasteiger partial charge is 0.257 e. The molecule has 7 heteroatoms. The van der Waals surface area contributed by atoms with E-state index >= 15 is 0 Å². The zero-order valence-electron chi connectivity index (χ0n) is 18.1. The summed E-state index contributed by atoms with van der Waals surface area (Å²) in [5, 5.41) is 3.16. The third kappa shape index (κ3) is 6.18. The lowest BCUT2D eigenvalue weighted by molar-refractivity contribution is -0.121. The predicted octanol–water partition coefficient (Wildman–Crippen LogP) is 3.16. The van der Waals surface area contributed by atoms with E-state index in [0.717, 1.165) is 5.56 Å². The third-order valence-electron chi connectivity index (χ3n) is 4.95. The Morgan fingerprint density at radius 1 is 1.21 bits per heavy atom. The molecule has 2 aromatic rings. The Hall–Kier alpha value is -2.12. The number of benzene rings is 1. The van der Waals surface area contributed by atoms with Crippen molar-refractivity contribution in [2.45, 2.75) is 57.2 Å². The summed E-state index contributed by atoms with van der Waals surface area (Å²) in [5.41, 5.74) is 2.17. The number of rotatable bonds is 9. The van der Waals surface area contributed by atoms with E-state index in [1.54, 1.807) is 14.2 Å². The summed E-state index contributed by atoms with van der Waals surface area (Å²) in [4.78, 5) is 30.2. The molecule has 0 fully saturated rings. The van der Waals surface area contributed by atoms with Gasteiger partial charge in [0.15, 0.2) is 5.16 Å². The molecule has 1 N–H and O–H groups in total. The summed E-state index contributed by atoms with van der Waals surface area (Å²) in [5.74, 6) is 0.288. The van der Waals surface area contributed by atoms with Crippen LogP contribution >= 0.6 is 11.8 Å². The van der Waals surface area contributed by atoms with Crippen LogP contribution in [0.5, 0.6) is 0 Å². The van der Waals surface area contributed by atoms with E-state index in [1.165, 1.54) is 16.3 Å². The first-order valence-corrected chi connectivity index (χ1v) is 10.7. The molecule has 2 rings (SSSR count). The van der Waals surface area contributed by atoms with Crippen molar-refractivity contribution >= 4 is 17.7 Å². The van der Waals surface area contributed by atoms with Crippen LogP contribution in [0.4, 0.5) is 0 Å². The average Bonchev–Trinajstić information content (AvgIpc) is 2.69. The highest BCUT2D eigenvalue weighted by atomic mass is 32.2. The van der Waals surface area contributed by atoms with Crippen LogP contribution in [-0.4, -0.2) is 33.9 Å². The first-order valence-electron chi connectivity index (χ1n) is 9.83. The quantitative estimate of drug-likeness (QED) is 0.501. The second-order valence-electron chi connectivity index (χ2n) is 7.58. The molecular weight excluding hydrogens is 386 g/mol. The number of amides is 1. The van der Waals surface area contributed by atoms with E-state index in [4.69, 9.17) is 4.74 Å². The fourth-order valence-corrected chi connectivity index (χ4v) is 3.63. The van der Waals surface area contributed by atoms with E-state index in [-0.39, 0.29) is 29.4 Å². The number of ether oxygens (including phenoxy) is 1. The van der Waals surface area contributed by atoms with Crippen LogP contribution in [0.2, 0.25) is 0 Å². The van der Waals surface area contributed by atoms with Crippen molar-refractivity contribution in [3.8, 4) is 0 Å². The maximum Gasteiger partial charge on any atom is 0.257 e. The Morgan fingerprint density at radius 2 is 1.86 bits per heavy atom. The van der Waals surface area contributed by atoms with Crippen molar-refractivity contribution < 1.29 is 9.53 Å². The Bertz CT molecular complexity index is 881. The average molecular weight is 418 g/mol. The highest BCUT2D eigenvalue weighted by Gasteiger charge is 2.22. The predicted molar refractivity (Wildman–Crippen MR) is 117 cm³/mol. The molecule has 0 aliphatic rings. The molecule has 0 aliphatic carbocycles. The highest BCUT2D eigenvalue weighted by molar-refractivity contribution is 8.00. The monoisotopic (exact) mass is 417 g/mol. The lowest BCUT2D eigenvalue weighted by atomic mass is 10.0. The number of hydrogen-bond acceptors (Lipinski definition) is 5. The molecule has 0 saturated heterocycles. The van der Waals surface area contributed by atoms with Gasteiger partial charge < -0.3 is 10.1 Å². The minimum atomic E-state index is -0.371. The van der Waals surface area contributed by atoms with E-state index in [2.05, 4.69) is 24.1 Å². The number of nitrogens with zero attached hydrogens (tertiary/aromatic N) is 2. The summed E-state index contributed by atoms with van der Waals surface area (Å²) in [6.07, 6.45) is 0.492. The molecule has 6 nitrogen and oxygen atoms in total. The minimum absolute atomic E-state index is 0.0629. The van der Waals surface area contributed by atoms with Crippen molar-refractivity contribution in [2.75, 3.05) is 7.11 Å². The normalized spacial score (nSPS) is 13.3. The van der Waals surface area contributed by atoms with Crippen molar-refractivity contribution in [1.29, 1.82) is 0 Å². The number of nitrogens with one attached hydrogen (secondary N) is 1. The van der Waals surface area contributed by atoms with Gasteiger partial charge in [0.1, 0.15) is 0 Å². The molecule has 1 aromatic heterocycles. The van der Waals surface area contributed by atoms with Crippen molar-refractivity contribution in [3.05, 3.63) is 57.5 Å². The van der Waals surface area contributed by atoms with Crippen LogP contribution in [0.3, 0.4) is 0 Å². The SMILES string of the molecule is COCc1nc(SC(C)C(=O)NC(C)C(C)C)n(C)c(=O)c1Cc1ccccc1. The van der Waals surface area contributed by atoms with Gasteiger partial charge in [-0.1, -0.05) is 55.9 Å². The van der Waals surface area contributed by atoms with Crippen LogP contribution < -0.4 is 10.9 Å². The Balaban J connectivity index is 2.29. The minimum Gasteiger partial charge on any atom is -0.378 e. The van der Waals surface area contributed by atoms with Crippen molar-refractivity contribution in [1.82, 2.24) is 14.9 Å². The van der Waals surface area contributed by atoms with Gasteiger partial charge in [-0.25, -0.2) is 4.98 Å². The topological polar surface area (TPSA) is 73.2 Å². The van der Waals surface area contributed by atoms with Gasteiger partial charge in [0.2, 0.25) is 5.91 Å². The molecule has 0 bridgehead atoms. The van der Waals surface area contributed by atoms with Crippen LogP contribution in [0.1, 0.15) is 44.5 Å². The number of aromatic nitrogens is 2. The van der Waals surface area contributed by atoms with Crippen LogP contribution in [0.25, 0.3) is 0 Å². The molecule has 0 saturated carbocycles. The number of methoxy groups -OCH3 is 1. The Labute approximate surface area is 177 Å². The molecule has 1 aromatic carbocycles. The molecule has 2 unspecified atom stereocenters.